The van der Waals surface area contributed by atoms with Gasteiger partial charge in [0.2, 0.25) is 5.91 Å². The van der Waals surface area contributed by atoms with Crippen LogP contribution >= 0.6 is 0 Å². The summed E-state index contributed by atoms with van der Waals surface area (Å²) in [6.45, 7) is 1.69. The fraction of sp³-hybridized carbons (Fsp3) is 0.400. The van der Waals surface area contributed by atoms with Crippen LogP contribution in [0.4, 0.5) is 5.69 Å². The van der Waals surface area contributed by atoms with E-state index in [0.717, 1.165) is 18.8 Å². The second kappa shape index (κ2) is 2.78. The van der Waals surface area contributed by atoms with Crippen molar-refractivity contribution in [1.82, 2.24) is 10.3 Å². The lowest BCUT2D eigenvalue weighted by molar-refractivity contribution is -0.120. The number of pyridine rings is 1. The number of hydrogen-bond acceptors (Lipinski definition) is 3. The van der Waals surface area contributed by atoms with Crippen molar-refractivity contribution in [2.75, 3.05) is 18.4 Å². The molecule has 72 valence electrons. The summed E-state index contributed by atoms with van der Waals surface area (Å²) in [4.78, 5) is 15.7. The first-order valence-electron chi connectivity index (χ1n) is 4.82. The molecule has 14 heavy (non-hydrogen) atoms. The molecule has 2 atom stereocenters. The molecule has 1 amide bonds. The molecule has 0 radical (unpaired) electrons. The van der Waals surface area contributed by atoms with Crippen LogP contribution in [-0.2, 0) is 4.79 Å². The lowest BCUT2D eigenvalue weighted by Gasteiger charge is -2.26. The van der Waals surface area contributed by atoms with E-state index >= 15 is 0 Å². The molecule has 2 aliphatic heterocycles. The Labute approximate surface area is 81.7 Å². The molecule has 0 saturated carbocycles. The predicted molar refractivity (Wildman–Crippen MR) is 52.0 cm³/mol. The minimum Gasteiger partial charge on any atom is -0.324 e. The topological polar surface area (TPSA) is 54.0 Å². The summed E-state index contributed by atoms with van der Waals surface area (Å²) in [5.41, 5.74) is 2.09. The molecule has 0 bridgehead atoms. The smallest absolute Gasteiger partial charge is 0.229 e. The molecule has 3 rings (SSSR count). The number of carbonyl (C=O) groups is 1. The Morgan fingerprint density at radius 2 is 2.21 bits per heavy atom. The van der Waals surface area contributed by atoms with Crippen molar-refractivity contribution >= 4 is 11.6 Å². The van der Waals surface area contributed by atoms with Gasteiger partial charge in [0.1, 0.15) is 0 Å². The highest BCUT2D eigenvalue weighted by Gasteiger charge is 2.38. The molecule has 3 heterocycles. The number of nitrogens with one attached hydrogen (secondary N) is 2. The zero-order chi connectivity index (χ0) is 9.54. The van der Waals surface area contributed by atoms with Crippen molar-refractivity contribution in [2.45, 2.75) is 5.92 Å². The number of anilines is 1. The highest BCUT2D eigenvalue weighted by Crippen LogP contribution is 2.36. The van der Waals surface area contributed by atoms with Gasteiger partial charge in [-0.1, -0.05) is 0 Å². The van der Waals surface area contributed by atoms with Crippen LogP contribution in [0.5, 0.6) is 0 Å². The SMILES string of the molecule is O=C1Nc2cnccc2C2CNCC12. The minimum absolute atomic E-state index is 0.102. The first-order valence-corrected chi connectivity index (χ1v) is 4.82. The van der Waals surface area contributed by atoms with E-state index in [2.05, 4.69) is 15.6 Å². The lowest BCUT2D eigenvalue weighted by Crippen LogP contribution is -2.32. The maximum atomic E-state index is 11.7. The van der Waals surface area contributed by atoms with E-state index < -0.39 is 0 Å². The summed E-state index contributed by atoms with van der Waals surface area (Å²) >= 11 is 0. The molecule has 2 aliphatic rings. The third-order valence-electron chi connectivity index (χ3n) is 3.06. The fourth-order valence-corrected chi connectivity index (χ4v) is 2.34. The maximum Gasteiger partial charge on any atom is 0.229 e. The average Bonchev–Trinajstić information content (AvgIpc) is 2.67. The van der Waals surface area contributed by atoms with E-state index in [9.17, 15) is 4.79 Å². The normalized spacial score (nSPS) is 29.3. The van der Waals surface area contributed by atoms with Crippen molar-refractivity contribution in [3.05, 3.63) is 24.0 Å². The Hall–Kier alpha value is -1.42. The first kappa shape index (κ1) is 7.94. The van der Waals surface area contributed by atoms with Crippen LogP contribution in [-0.4, -0.2) is 24.0 Å². The zero-order valence-corrected chi connectivity index (χ0v) is 7.66. The van der Waals surface area contributed by atoms with Gasteiger partial charge in [-0.25, -0.2) is 0 Å². The zero-order valence-electron chi connectivity index (χ0n) is 7.66. The third kappa shape index (κ3) is 0.974. The molecule has 0 spiro atoms. The number of amides is 1. The molecule has 2 N–H and O–H groups in total. The fourth-order valence-electron chi connectivity index (χ4n) is 2.34. The summed E-state index contributed by atoms with van der Waals surface area (Å²) < 4.78 is 0. The van der Waals surface area contributed by atoms with Crippen LogP contribution in [0, 0.1) is 5.92 Å². The van der Waals surface area contributed by atoms with Crippen molar-refractivity contribution in [1.29, 1.82) is 0 Å². The van der Waals surface area contributed by atoms with E-state index in [0.29, 0.717) is 5.92 Å². The monoisotopic (exact) mass is 189 g/mol. The van der Waals surface area contributed by atoms with Crippen molar-refractivity contribution in [2.24, 2.45) is 5.92 Å². The summed E-state index contributed by atoms with van der Waals surface area (Å²) in [7, 11) is 0. The highest BCUT2D eigenvalue weighted by atomic mass is 16.2. The number of aromatic nitrogens is 1. The summed E-state index contributed by atoms with van der Waals surface area (Å²) in [5, 5.41) is 6.14. The lowest BCUT2D eigenvalue weighted by atomic mass is 9.85. The summed E-state index contributed by atoms with van der Waals surface area (Å²) in [6, 6.07) is 2.00. The number of carbonyl (C=O) groups excluding carboxylic acids is 1. The van der Waals surface area contributed by atoms with Crippen molar-refractivity contribution in [3.8, 4) is 0 Å². The number of nitrogens with zero attached hydrogens (tertiary/aromatic N) is 1. The molecule has 1 aromatic heterocycles. The minimum atomic E-state index is 0.102. The molecule has 0 aromatic carbocycles. The quantitative estimate of drug-likeness (QED) is 0.618. The van der Waals surface area contributed by atoms with E-state index in [-0.39, 0.29) is 11.8 Å². The maximum absolute atomic E-state index is 11.7. The van der Waals surface area contributed by atoms with E-state index in [1.54, 1.807) is 12.4 Å². The van der Waals surface area contributed by atoms with E-state index in [1.807, 2.05) is 6.07 Å². The molecular weight excluding hydrogens is 178 g/mol. The van der Waals surface area contributed by atoms with Gasteiger partial charge in [-0.3, -0.25) is 9.78 Å². The molecule has 1 aromatic rings. The molecule has 1 saturated heterocycles. The van der Waals surface area contributed by atoms with Crippen LogP contribution in [0.15, 0.2) is 18.5 Å². The van der Waals surface area contributed by atoms with E-state index in [1.165, 1.54) is 5.56 Å². The Morgan fingerprint density at radius 1 is 1.36 bits per heavy atom. The number of rotatable bonds is 0. The molecule has 0 aliphatic carbocycles. The molecule has 1 fully saturated rings. The predicted octanol–water partition coefficient (Wildman–Crippen LogP) is 0.337. The van der Waals surface area contributed by atoms with Crippen LogP contribution in [0.2, 0.25) is 0 Å². The molecule has 4 nitrogen and oxygen atoms in total. The van der Waals surface area contributed by atoms with Gasteiger partial charge in [-0.2, -0.15) is 0 Å². The average molecular weight is 189 g/mol. The summed E-state index contributed by atoms with van der Waals surface area (Å²) in [5.74, 6) is 0.562. The Bertz CT molecular complexity index is 391. The second-order valence-electron chi connectivity index (χ2n) is 3.82. The standard InChI is InChI=1S/C10H11N3O/c14-10-8-4-12-3-7(8)6-1-2-11-5-9(6)13-10/h1-2,5,7-8,12H,3-4H2,(H,13,14). The van der Waals surface area contributed by atoms with Gasteiger partial charge in [0.05, 0.1) is 17.8 Å². The Kier molecular flexibility index (Phi) is 1.58. The van der Waals surface area contributed by atoms with E-state index in [4.69, 9.17) is 0 Å². The number of fused-ring (bicyclic) bond motifs is 3. The molecule has 4 heteroatoms. The van der Waals surface area contributed by atoms with Gasteiger partial charge in [0, 0.05) is 25.2 Å². The third-order valence-corrected chi connectivity index (χ3v) is 3.06. The number of hydrogen-bond donors (Lipinski definition) is 2. The summed E-state index contributed by atoms with van der Waals surface area (Å²) in [6.07, 6.45) is 3.51. The molecular formula is C10H11N3O. The Balaban J connectivity index is 2.11. The van der Waals surface area contributed by atoms with Crippen molar-refractivity contribution in [3.63, 3.8) is 0 Å². The van der Waals surface area contributed by atoms with Gasteiger partial charge in [-0.15, -0.1) is 0 Å². The highest BCUT2D eigenvalue weighted by molar-refractivity contribution is 5.96. The van der Waals surface area contributed by atoms with Crippen LogP contribution in [0.3, 0.4) is 0 Å². The van der Waals surface area contributed by atoms with Crippen molar-refractivity contribution < 1.29 is 4.79 Å². The second-order valence-corrected chi connectivity index (χ2v) is 3.82. The molecule has 2 unspecified atom stereocenters. The van der Waals surface area contributed by atoms with Gasteiger partial charge >= 0.3 is 0 Å². The van der Waals surface area contributed by atoms with Gasteiger partial charge < -0.3 is 10.6 Å². The van der Waals surface area contributed by atoms with Crippen LogP contribution < -0.4 is 10.6 Å². The first-order chi connectivity index (χ1) is 6.86. The Morgan fingerprint density at radius 3 is 3.14 bits per heavy atom. The van der Waals surface area contributed by atoms with Crippen LogP contribution in [0.25, 0.3) is 0 Å². The van der Waals surface area contributed by atoms with Gasteiger partial charge in [0.25, 0.3) is 0 Å². The van der Waals surface area contributed by atoms with Gasteiger partial charge in [0.15, 0.2) is 0 Å². The van der Waals surface area contributed by atoms with Gasteiger partial charge in [-0.05, 0) is 11.6 Å². The van der Waals surface area contributed by atoms with Crippen LogP contribution in [0.1, 0.15) is 11.5 Å². The largest absolute Gasteiger partial charge is 0.324 e.